The summed E-state index contributed by atoms with van der Waals surface area (Å²) in [5, 5.41) is 6.81. The number of carbonyl (C=O) groups is 1. The second kappa shape index (κ2) is 5.94. The summed E-state index contributed by atoms with van der Waals surface area (Å²) in [6, 6.07) is -1.53. The Balaban J connectivity index is 1.86. The quantitative estimate of drug-likeness (QED) is 0.750. The molecule has 0 radical (unpaired) electrons. The van der Waals surface area contributed by atoms with E-state index in [2.05, 4.69) is 10.2 Å². The first-order chi connectivity index (χ1) is 11.5. The highest BCUT2D eigenvalue weighted by Gasteiger charge is 2.44. The number of aromatic nitrogens is 3. The Hall–Kier alpha value is -1.69. The number of hydrogen-bond donors (Lipinski definition) is 0. The highest BCUT2D eigenvalue weighted by molar-refractivity contribution is 7.88. The minimum absolute atomic E-state index is 0.0439. The van der Waals surface area contributed by atoms with Gasteiger partial charge in [-0.2, -0.15) is 17.5 Å². The maximum atomic E-state index is 12.9. The largest absolute Gasteiger partial charge is 0.451 e. The van der Waals surface area contributed by atoms with Gasteiger partial charge in [-0.3, -0.25) is 4.79 Å². The predicted octanol–water partition coefficient (Wildman–Crippen LogP) is 0.624. The standard InChI is InChI=1S/C13H18F3N5O3S/c1-8-10-17-18-12(13(14,15)16)20(10)7-6-19(8)11(22)9-4-3-5-21(9)25(2,23)24/h8-9H,3-7H2,1-2H3. The summed E-state index contributed by atoms with van der Waals surface area (Å²) in [6.07, 6.45) is -2.60. The van der Waals surface area contributed by atoms with Crippen LogP contribution in [0.2, 0.25) is 0 Å². The fourth-order valence-corrected chi connectivity index (χ4v) is 4.59. The Morgan fingerprint density at radius 2 is 1.88 bits per heavy atom. The van der Waals surface area contributed by atoms with Gasteiger partial charge in [0, 0.05) is 19.6 Å². The molecule has 3 heterocycles. The number of amides is 1. The van der Waals surface area contributed by atoms with Crippen molar-refractivity contribution >= 4 is 15.9 Å². The molecule has 25 heavy (non-hydrogen) atoms. The molecule has 3 rings (SSSR count). The monoisotopic (exact) mass is 381 g/mol. The van der Waals surface area contributed by atoms with Gasteiger partial charge in [-0.15, -0.1) is 10.2 Å². The number of hydrogen-bond acceptors (Lipinski definition) is 5. The molecule has 0 spiro atoms. The van der Waals surface area contributed by atoms with Gasteiger partial charge in [0.15, 0.2) is 5.82 Å². The molecule has 12 heteroatoms. The average Bonchev–Trinajstić information content (AvgIpc) is 3.13. The molecule has 1 fully saturated rings. The van der Waals surface area contributed by atoms with Crippen LogP contribution < -0.4 is 0 Å². The molecule has 0 aromatic carbocycles. The molecule has 2 aliphatic rings. The molecule has 1 amide bonds. The van der Waals surface area contributed by atoms with E-state index in [1.807, 2.05) is 0 Å². The molecule has 0 aliphatic carbocycles. The minimum atomic E-state index is -4.62. The fraction of sp³-hybridized carbons (Fsp3) is 0.769. The number of nitrogens with zero attached hydrogens (tertiary/aromatic N) is 5. The first-order valence-electron chi connectivity index (χ1n) is 7.79. The topological polar surface area (TPSA) is 88.4 Å². The molecular weight excluding hydrogens is 363 g/mol. The Bertz CT molecular complexity index is 791. The lowest BCUT2D eigenvalue weighted by Crippen LogP contribution is -2.51. The second-order valence-corrected chi connectivity index (χ2v) is 8.21. The van der Waals surface area contributed by atoms with E-state index in [-0.39, 0.29) is 25.5 Å². The molecule has 140 valence electrons. The number of carbonyl (C=O) groups excluding carboxylic acids is 1. The van der Waals surface area contributed by atoms with Gasteiger partial charge in [0.1, 0.15) is 6.04 Å². The number of alkyl halides is 3. The third kappa shape index (κ3) is 3.12. The van der Waals surface area contributed by atoms with Crippen LogP contribution in [0.15, 0.2) is 0 Å². The molecule has 1 aromatic rings. The van der Waals surface area contributed by atoms with Gasteiger partial charge in [0.2, 0.25) is 21.8 Å². The van der Waals surface area contributed by atoms with E-state index in [0.29, 0.717) is 12.8 Å². The van der Waals surface area contributed by atoms with Crippen LogP contribution in [0.1, 0.15) is 37.5 Å². The predicted molar refractivity (Wildman–Crippen MR) is 79.7 cm³/mol. The summed E-state index contributed by atoms with van der Waals surface area (Å²) < 4.78 is 64.6. The van der Waals surface area contributed by atoms with Gasteiger partial charge < -0.3 is 9.47 Å². The van der Waals surface area contributed by atoms with Crippen LogP contribution in [0.25, 0.3) is 0 Å². The molecule has 1 aromatic heterocycles. The smallest absolute Gasteiger partial charge is 0.330 e. The van der Waals surface area contributed by atoms with E-state index in [4.69, 9.17) is 0 Å². The molecule has 0 N–H and O–H groups in total. The molecule has 2 aliphatic heterocycles. The van der Waals surface area contributed by atoms with Crippen molar-refractivity contribution in [2.45, 2.75) is 44.6 Å². The van der Waals surface area contributed by atoms with E-state index in [1.165, 1.54) is 4.90 Å². The van der Waals surface area contributed by atoms with Crippen molar-refractivity contribution in [3.63, 3.8) is 0 Å². The van der Waals surface area contributed by atoms with Crippen molar-refractivity contribution in [2.75, 3.05) is 19.3 Å². The molecule has 2 unspecified atom stereocenters. The summed E-state index contributed by atoms with van der Waals surface area (Å²) in [6.45, 7) is 1.80. The van der Waals surface area contributed by atoms with Crippen molar-refractivity contribution in [1.82, 2.24) is 24.0 Å². The highest BCUT2D eigenvalue weighted by Crippen LogP contribution is 2.34. The van der Waals surface area contributed by atoms with Crippen LogP contribution >= 0.6 is 0 Å². The minimum Gasteiger partial charge on any atom is -0.330 e. The molecule has 8 nitrogen and oxygen atoms in total. The van der Waals surface area contributed by atoms with Gasteiger partial charge in [0.25, 0.3) is 0 Å². The third-order valence-electron chi connectivity index (χ3n) is 4.64. The lowest BCUT2D eigenvalue weighted by molar-refractivity contribution is -0.148. The van der Waals surface area contributed by atoms with Gasteiger partial charge in [-0.25, -0.2) is 8.42 Å². The number of fused-ring (bicyclic) bond motifs is 1. The Labute approximate surface area is 142 Å². The highest BCUT2D eigenvalue weighted by atomic mass is 32.2. The summed E-state index contributed by atoms with van der Waals surface area (Å²) in [5.74, 6) is -1.44. The molecular formula is C13H18F3N5O3S. The zero-order valence-corrected chi connectivity index (χ0v) is 14.5. The second-order valence-electron chi connectivity index (χ2n) is 6.27. The maximum Gasteiger partial charge on any atom is 0.451 e. The summed E-state index contributed by atoms with van der Waals surface area (Å²) >= 11 is 0. The van der Waals surface area contributed by atoms with Gasteiger partial charge in [-0.1, -0.05) is 0 Å². The van der Waals surface area contributed by atoms with E-state index < -0.39 is 40.0 Å². The molecule has 0 saturated carbocycles. The van der Waals surface area contributed by atoms with E-state index in [1.54, 1.807) is 6.92 Å². The first kappa shape index (κ1) is 18.1. The van der Waals surface area contributed by atoms with Gasteiger partial charge >= 0.3 is 6.18 Å². The van der Waals surface area contributed by atoms with Crippen molar-refractivity contribution in [3.05, 3.63) is 11.6 Å². The van der Waals surface area contributed by atoms with Crippen LogP contribution in [-0.2, 0) is 27.5 Å². The number of rotatable bonds is 2. The van der Waals surface area contributed by atoms with E-state index in [9.17, 15) is 26.4 Å². The van der Waals surface area contributed by atoms with Crippen molar-refractivity contribution in [2.24, 2.45) is 0 Å². The number of sulfonamides is 1. The van der Waals surface area contributed by atoms with Crippen molar-refractivity contribution < 1.29 is 26.4 Å². The SMILES string of the molecule is CC1c2nnc(C(F)(F)F)n2CCN1C(=O)C1CCCN1S(C)(=O)=O. The Morgan fingerprint density at radius 1 is 1.20 bits per heavy atom. The summed E-state index contributed by atoms with van der Waals surface area (Å²) in [5.41, 5.74) is 0. The van der Waals surface area contributed by atoms with Crippen LogP contribution in [0.3, 0.4) is 0 Å². The van der Waals surface area contributed by atoms with Crippen LogP contribution in [-0.4, -0.2) is 63.7 Å². The average molecular weight is 381 g/mol. The third-order valence-corrected chi connectivity index (χ3v) is 5.93. The summed E-state index contributed by atoms with van der Waals surface area (Å²) in [7, 11) is -3.52. The Morgan fingerprint density at radius 3 is 2.48 bits per heavy atom. The normalized spacial score (nSPS) is 25.2. The van der Waals surface area contributed by atoms with E-state index >= 15 is 0 Å². The van der Waals surface area contributed by atoms with Crippen molar-refractivity contribution in [3.8, 4) is 0 Å². The molecule has 2 atom stereocenters. The van der Waals surface area contributed by atoms with Crippen LogP contribution in [0, 0.1) is 0 Å². The molecule has 1 saturated heterocycles. The van der Waals surface area contributed by atoms with E-state index in [0.717, 1.165) is 15.1 Å². The van der Waals surface area contributed by atoms with Gasteiger partial charge in [0.05, 0.1) is 12.3 Å². The van der Waals surface area contributed by atoms with Crippen LogP contribution in [0.4, 0.5) is 13.2 Å². The zero-order valence-electron chi connectivity index (χ0n) is 13.7. The zero-order chi connectivity index (χ0) is 18.6. The molecule has 0 bridgehead atoms. The van der Waals surface area contributed by atoms with Crippen LogP contribution in [0.5, 0.6) is 0 Å². The summed E-state index contributed by atoms with van der Waals surface area (Å²) in [4.78, 5) is 14.2. The first-order valence-corrected chi connectivity index (χ1v) is 9.64. The number of halogens is 3. The lowest BCUT2D eigenvalue weighted by atomic mass is 10.1. The van der Waals surface area contributed by atoms with Gasteiger partial charge in [-0.05, 0) is 19.8 Å². The lowest BCUT2D eigenvalue weighted by Gasteiger charge is -2.36. The fourth-order valence-electron chi connectivity index (χ4n) is 3.47. The Kier molecular flexibility index (Phi) is 4.30. The maximum absolute atomic E-state index is 12.9. The van der Waals surface area contributed by atoms with Crippen molar-refractivity contribution in [1.29, 1.82) is 0 Å².